The summed E-state index contributed by atoms with van der Waals surface area (Å²) in [5, 5.41) is 3.71. The van der Waals surface area contributed by atoms with Gasteiger partial charge in [0, 0.05) is 11.6 Å². The van der Waals surface area contributed by atoms with Gasteiger partial charge in [-0.2, -0.15) is 0 Å². The molecule has 0 saturated carbocycles. The molecule has 19 heavy (non-hydrogen) atoms. The van der Waals surface area contributed by atoms with Crippen molar-refractivity contribution in [1.29, 1.82) is 0 Å². The molecule has 0 fully saturated rings. The summed E-state index contributed by atoms with van der Waals surface area (Å²) in [6.45, 7) is 1.56. The van der Waals surface area contributed by atoms with E-state index in [9.17, 15) is 9.18 Å². The van der Waals surface area contributed by atoms with Crippen LogP contribution in [0.15, 0.2) is 22.7 Å². The normalized spacial score (nSPS) is 10.3. The first-order valence-electron chi connectivity index (χ1n) is 5.47. The Hall–Kier alpha value is -2.37. The summed E-state index contributed by atoms with van der Waals surface area (Å²) in [7, 11) is 2.68. The summed E-state index contributed by atoms with van der Waals surface area (Å²) in [6.07, 6.45) is 0. The van der Waals surface area contributed by atoms with E-state index in [-0.39, 0.29) is 22.6 Å². The predicted octanol–water partition coefficient (Wildman–Crippen LogP) is 2.58. The lowest BCUT2D eigenvalue weighted by Gasteiger charge is -2.04. The van der Waals surface area contributed by atoms with E-state index in [0.717, 1.165) is 0 Å². The fraction of sp³-hybridized carbons (Fsp3) is 0.231. The highest BCUT2D eigenvalue weighted by atomic mass is 19.1. The van der Waals surface area contributed by atoms with Crippen LogP contribution in [0.4, 0.5) is 4.39 Å². The van der Waals surface area contributed by atoms with Gasteiger partial charge in [-0.1, -0.05) is 5.16 Å². The topological polar surface area (TPSA) is 61.6 Å². The molecule has 1 heterocycles. The Morgan fingerprint density at radius 2 is 2.11 bits per heavy atom. The van der Waals surface area contributed by atoms with Crippen molar-refractivity contribution in [1.82, 2.24) is 5.16 Å². The van der Waals surface area contributed by atoms with Crippen molar-refractivity contribution >= 4 is 5.97 Å². The number of nitrogens with zero attached hydrogens (tertiary/aromatic N) is 1. The number of carbonyl (C=O) groups is 1. The average Bonchev–Trinajstić information content (AvgIpc) is 2.79. The van der Waals surface area contributed by atoms with Gasteiger partial charge in [0.15, 0.2) is 0 Å². The van der Waals surface area contributed by atoms with E-state index in [2.05, 4.69) is 9.89 Å². The van der Waals surface area contributed by atoms with Crippen LogP contribution in [0.3, 0.4) is 0 Å². The molecule has 0 atom stereocenters. The molecule has 2 aromatic rings. The zero-order chi connectivity index (χ0) is 14.0. The molecule has 0 unspecified atom stereocenters. The molecular weight excluding hydrogens is 253 g/mol. The lowest BCUT2D eigenvalue weighted by Crippen LogP contribution is -2.04. The number of ether oxygens (including phenoxy) is 2. The van der Waals surface area contributed by atoms with Gasteiger partial charge in [0.2, 0.25) is 0 Å². The first-order valence-corrected chi connectivity index (χ1v) is 5.47. The van der Waals surface area contributed by atoms with Crippen LogP contribution < -0.4 is 4.74 Å². The minimum Gasteiger partial charge on any atom is -0.497 e. The average molecular weight is 265 g/mol. The minimum absolute atomic E-state index is 0.115. The van der Waals surface area contributed by atoms with Crippen molar-refractivity contribution in [2.75, 3.05) is 14.2 Å². The van der Waals surface area contributed by atoms with Gasteiger partial charge in [-0.05, 0) is 19.1 Å². The summed E-state index contributed by atoms with van der Waals surface area (Å²) < 4.78 is 28.5. The molecule has 0 aliphatic heterocycles. The zero-order valence-corrected chi connectivity index (χ0v) is 10.7. The standard InChI is InChI=1S/C13H12FNO4/c1-7-11(13(16)18-3)12(15-19-7)9-5-4-8(17-2)6-10(9)14/h4-6H,1-3H3. The Morgan fingerprint density at radius 3 is 2.68 bits per heavy atom. The summed E-state index contributed by atoms with van der Waals surface area (Å²) in [5.41, 5.74) is 0.383. The van der Waals surface area contributed by atoms with Crippen LogP contribution >= 0.6 is 0 Å². The lowest BCUT2D eigenvalue weighted by molar-refractivity contribution is 0.0599. The summed E-state index contributed by atoms with van der Waals surface area (Å²) in [5.74, 6) is -0.528. The molecule has 0 aliphatic rings. The number of benzene rings is 1. The summed E-state index contributed by atoms with van der Waals surface area (Å²) >= 11 is 0. The van der Waals surface area contributed by atoms with E-state index in [1.165, 1.54) is 26.4 Å². The van der Waals surface area contributed by atoms with E-state index < -0.39 is 11.8 Å². The maximum Gasteiger partial charge on any atom is 0.343 e. The second-order valence-electron chi connectivity index (χ2n) is 3.80. The SMILES string of the molecule is COC(=O)c1c(-c2ccc(OC)cc2F)noc1C. The molecule has 0 spiro atoms. The number of esters is 1. The third-order valence-electron chi connectivity index (χ3n) is 2.68. The number of halogens is 1. The first kappa shape index (κ1) is 13.1. The second-order valence-corrected chi connectivity index (χ2v) is 3.80. The number of rotatable bonds is 3. The molecule has 0 N–H and O–H groups in total. The highest BCUT2D eigenvalue weighted by Gasteiger charge is 2.24. The van der Waals surface area contributed by atoms with Crippen molar-refractivity contribution in [2.45, 2.75) is 6.92 Å². The Kier molecular flexibility index (Phi) is 3.50. The van der Waals surface area contributed by atoms with Gasteiger partial charge in [0.1, 0.15) is 28.6 Å². The largest absolute Gasteiger partial charge is 0.497 e. The van der Waals surface area contributed by atoms with Gasteiger partial charge >= 0.3 is 5.97 Å². The molecule has 0 radical (unpaired) electrons. The highest BCUT2D eigenvalue weighted by molar-refractivity contribution is 5.97. The zero-order valence-electron chi connectivity index (χ0n) is 10.7. The fourth-order valence-electron chi connectivity index (χ4n) is 1.71. The maximum absolute atomic E-state index is 14.0. The summed E-state index contributed by atoms with van der Waals surface area (Å²) in [6, 6.07) is 4.25. The number of methoxy groups -OCH3 is 2. The van der Waals surface area contributed by atoms with E-state index in [4.69, 9.17) is 9.26 Å². The number of hydrogen-bond acceptors (Lipinski definition) is 5. The number of aryl methyl sites for hydroxylation is 1. The summed E-state index contributed by atoms with van der Waals surface area (Å²) in [4.78, 5) is 11.7. The molecule has 100 valence electrons. The number of hydrogen-bond donors (Lipinski definition) is 0. The molecule has 0 bridgehead atoms. The first-order chi connectivity index (χ1) is 9.08. The quantitative estimate of drug-likeness (QED) is 0.798. The Balaban J connectivity index is 2.56. The Morgan fingerprint density at radius 1 is 1.37 bits per heavy atom. The molecule has 1 aromatic carbocycles. The van der Waals surface area contributed by atoms with Crippen molar-refractivity contribution in [2.24, 2.45) is 0 Å². The van der Waals surface area contributed by atoms with Crippen LogP contribution in [-0.4, -0.2) is 25.3 Å². The molecule has 5 nitrogen and oxygen atoms in total. The monoisotopic (exact) mass is 265 g/mol. The highest BCUT2D eigenvalue weighted by Crippen LogP contribution is 2.30. The maximum atomic E-state index is 14.0. The van der Waals surface area contributed by atoms with Crippen LogP contribution in [-0.2, 0) is 4.74 Å². The van der Waals surface area contributed by atoms with Crippen molar-refractivity contribution < 1.29 is 23.2 Å². The predicted molar refractivity (Wildman–Crippen MR) is 64.5 cm³/mol. The molecule has 2 rings (SSSR count). The van der Waals surface area contributed by atoms with Crippen molar-refractivity contribution in [3.8, 4) is 17.0 Å². The van der Waals surface area contributed by atoms with Crippen molar-refractivity contribution in [3.63, 3.8) is 0 Å². The third-order valence-corrected chi connectivity index (χ3v) is 2.68. The minimum atomic E-state index is -0.621. The molecule has 0 saturated heterocycles. The van der Waals surface area contributed by atoms with Gasteiger partial charge < -0.3 is 14.0 Å². The second kappa shape index (κ2) is 5.09. The van der Waals surface area contributed by atoms with Crippen molar-refractivity contribution in [3.05, 3.63) is 35.3 Å². The molecule has 0 amide bonds. The third kappa shape index (κ3) is 2.29. The van der Waals surface area contributed by atoms with Crippen LogP contribution in [0.25, 0.3) is 11.3 Å². The number of carbonyl (C=O) groups excluding carboxylic acids is 1. The van der Waals surface area contributed by atoms with Gasteiger partial charge in [0.25, 0.3) is 0 Å². The smallest absolute Gasteiger partial charge is 0.343 e. The molecule has 1 aromatic heterocycles. The van der Waals surface area contributed by atoms with E-state index in [0.29, 0.717) is 5.75 Å². The molecular formula is C13H12FNO4. The van der Waals surface area contributed by atoms with Crippen LogP contribution in [0.1, 0.15) is 16.1 Å². The van der Waals surface area contributed by atoms with Gasteiger partial charge in [-0.25, -0.2) is 9.18 Å². The molecule has 6 heteroatoms. The Bertz CT molecular complexity index is 621. The van der Waals surface area contributed by atoms with Gasteiger partial charge in [0.05, 0.1) is 14.2 Å². The fourth-order valence-corrected chi connectivity index (χ4v) is 1.71. The van der Waals surface area contributed by atoms with E-state index in [1.54, 1.807) is 13.0 Å². The van der Waals surface area contributed by atoms with Gasteiger partial charge in [-0.15, -0.1) is 0 Å². The lowest BCUT2D eigenvalue weighted by atomic mass is 10.1. The van der Waals surface area contributed by atoms with Crippen LogP contribution in [0.5, 0.6) is 5.75 Å². The van der Waals surface area contributed by atoms with E-state index in [1.807, 2.05) is 0 Å². The van der Waals surface area contributed by atoms with Crippen LogP contribution in [0.2, 0.25) is 0 Å². The van der Waals surface area contributed by atoms with Crippen LogP contribution in [0, 0.1) is 12.7 Å². The Labute approximate surface area is 108 Å². The molecule has 0 aliphatic carbocycles. The van der Waals surface area contributed by atoms with E-state index >= 15 is 0 Å². The van der Waals surface area contributed by atoms with Gasteiger partial charge in [-0.3, -0.25) is 0 Å². The number of aromatic nitrogens is 1.